The number of hydrogen-bond donors (Lipinski definition) is 1. The Bertz CT molecular complexity index is 745. The zero-order chi connectivity index (χ0) is 18.1. The molecule has 3 aliphatic rings. The summed E-state index contributed by atoms with van der Waals surface area (Å²) in [5, 5.41) is 3.16. The second-order valence-corrected chi connectivity index (χ2v) is 7.53. The zero-order valence-corrected chi connectivity index (χ0v) is 15.3. The Hall–Kier alpha value is -2.37. The van der Waals surface area contributed by atoms with Crippen LogP contribution in [0, 0.1) is 5.92 Å². The molecule has 0 saturated heterocycles. The average molecular weight is 354 g/mol. The van der Waals surface area contributed by atoms with Crippen LogP contribution in [0.5, 0.6) is 0 Å². The van der Waals surface area contributed by atoms with Crippen molar-refractivity contribution in [3.63, 3.8) is 0 Å². The fourth-order valence-electron chi connectivity index (χ4n) is 4.25. The van der Waals surface area contributed by atoms with Crippen molar-refractivity contribution in [2.75, 3.05) is 24.5 Å². The molecule has 4 rings (SSSR count). The largest absolute Gasteiger partial charge is 0.352 e. The summed E-state index contributed by atoms with van der Waals surface area (Å²) in [7, 11) is 0. The number of aliphatic imine (C=N–C) groups is 1. The van der Waals surface area contributed by atoms with Gasteiger partial charge in [-0.1, -0.05) is 31.9 Å². The molecule has 0 bridgehead atoms. The first-order valence-corrected chi connectivity index (χ1v) is 9.67. The number of benzene rings is 1. The number of hydrogen-bond acceptors (Lipinski definition) is 3. The number of rotatable bonds is 3. The summed E-state index contributed by atoms with van der Waals surface area (Å²) >= 11 is 0. The first kappa shape index (κ1) is 17.1. The molecule has 2 heterocycles. The maximum absolute atomic E-state index is 13.0. The van der Waals surface area contributed by atoms with E-state index in [4.69, 9.17) is 0 Å². The number of fused-ring (bicyclic) bond motifs is 3. The summed E-state index contributed by atoms with van der Waals surface area (Å²) in [6.45, 7) is 3.65. The van der Waals surface area contributed by atoms with Gasteiger partial charge < -0.3 is 5.32 Å². The highest BCUT2D eigenvalue weighted by atomic mass is 16.2. The van der Waals surface area contributed by atoms with E-state index in [9.17, 15) is 9.59 Å². The summed E-state index contributed by atoms with van der Waals surface area (Å²) in [4.78, 5) is 33.6. The molecule has 1 saturated carbocycles. The standard InChI is InChI=1S/C20H26N4O2/c1-14-7-2-4-9-16(14)22-18(25)13-24-17-10-5-3-8-15(17)19-21-11-6-12-23(19)20(24)26/h3,5,8,10,14,16H,2,4,6-7,9,11-13H2,1H3,(H,22,25)/t14-,16-/m0/s1. The zero-order valence-electron chi connectivity index (χ0n) is 15.3. The Morgan fingerprint density at radius 1 is 1.23 bits per heavy atom. The highest BCUT2D eigenvalue weighted by Gasteiger charge is 2.37. The molecule has 2 atom stereocenters. The molecular weight excluding hydrogens is 328 g/mol. The van der Waals surface area contributed by atoms with Crippen molar-refractivity contribution in [2.45, 2.75) is 45.1 Å². The van der Waals surface area contributed by atoms with E-state index in [1.54, 1.807) is 9.80 Å². The smallest absolute Gasteiger partial charge is 0.330 e. The predicted octanol–water partition coefficient (Wildman–Crippen LogP) is 2.77. The number of urea groups is 1. The summed E-state index contributed by atoms with van der Waals surface area (Å²) in [6.07, 6.45) is 5.44. The van der Waals surface area contributed by atoms with E-state index in [1.807, 2.05) is 24.3 Å². The molecule has 138 valence electrons. The number of amides is 3. The number of amidine groups is 1. The molecule has 0 spiro atoms. The van der Waals surface area contributed by atoms with Gasteiger partial charge in [-0.05, 0) is 37.3 Å². The molecular formula is C20H26N4O2. The van der Waals surface area contributed by atoms with Gasteiger partial charge >= 0.3 is 6.03 Å². The second-order valence-electron chi connectivity index (χ2n) is 7.53. The maximum Gasteiger partial charge on any atom is 0.330 e. The first-order valence-electron chi connectivity index (χ1n) is 9.67. The predicted molar refractivity (Wildman–Crippen MR) is 101 cm³/mol. The van der Waals surface area contributed by atoms with Crippen LogP contribution in [-0.2, 0) is 4.79 Å². The van der Waals surface area contributed by atoms with E-state index in [0.29, 0.717) is 12.5 Å². The number of nitrogens with zero attached hydrogens (tertiary/aromatic N) is 3. The topological polar surface area (TPSA) is 65.0 Å². The molecule has 1 fully saturated rings. The van der Waals surface area contributed by atoms with Crippen molar-refractivity contribution in [3.8, 4) is 0 Å². The van der Waals surface area contributed by atoms with Gasteiger partial charge in [0.25, 0.3) is 0 Å². The lowest BCUT2D eigenvalue weighted by atomic mass is 9.86. The van der Waals surface area contributed by atoms with E-state index >= 15 is 0 Å². The fraction of sp³-hybridized carbons (Fsp3) is 0.550. The second kappa shape index (κ2) is 7.09. The van der Waals surface area contributed by atoms with Crippen molar-refractivity contribution in [3.05, 3.63) is 29.8 Å². The number of carbonyl (C=O) groups is 2. The molecule has 6 nitrogen and oxygen atoms in total. The molecule has 0 radical (unpaired) electrons. The number of para-hydroxylation sites is 1. The monoisotopic (exact) mass is 354 g/mol. The Labute approximate surface area is 154 Å². The number of carbonyl (C=O) groups excluding carboxylic acids is 2. The van der Waals surface area contributed by atoms with Crippen LogP contribution in [0.2, 0.25) is 0 Å². The van der Waals surface area contributed by atoms with Crippen LogP contribution >= 0.6 is 0 Å². The first-order chi connectivity index (χ1) is 12.6. The van der Waals surface area contributed by atoms with Crippen LogP contribution in [0.15, 0.2) is 29.3 Å². The molecule has 0 unspecified atom stereocenters. The summed E-state index contributed by atoms with van der Waals surface area (Å²) in [6, 6.07) is 7.81. The van der Waals surface area contributed by atoms with Crippen molar-refractivity contribution in [2.24, 2.45) is 10.9 Å². The highest BCUT2D eigenvalue weighted by Crippen LogP contribution is 2.30. The minimum absolute atomic E-state index is 0.0584. The third kappa shape index (κ3) is 3.08. The number of nitrogens with one attached hydrogen (secondary N) is 1. The Kier molecular flexibility index (Phi) is 4.66. The van der Waals surface area contributed by atoms with Crippen LogP contribution in [0.4, 0.5) is 10.5 Å². The van der Waals surface area contributed by atoms with Crippen molar-refractivity contribution < 1.29 is 9.59 Å². The van der Waals surface area contributed by atoms with Crippen LogP contribution in [0.3, 0.4) is 0 Å². The third-order valence-electron chi connectivity index (χ3n) is 5.71. The van der Waals surface area contributed by atoms with Crippen molar-refractivity contribution >= 4 is 23.5 Å². The molecule has 1 aromatic carbocycles. The van der Waals surface area contributed by atoms with Crippen LogP contribution in [-0.4, -0.2) is 48.3 Å². The number of anilines is 1. The van der Waals surface area contributed by atoms with E-state index < -0.39 is 0 Å². The lowest BCUT2D eigenvalue weighted by molar-refractivity contribution is -0.121. The molecule has 26 heavy (non-hydrogen) atoms. The minimum atomic E-state index is -0.144. The third-order valence-corrected chi connectivity index (χ3v) is 5.71. The molecule has 2 aliphatic heterocycles. The Morgan fingerprint density at radius 2 is 2.04 bits per heavy atom. The summed E-state index contributed by atoms with van der Waals surface area (Å²) in [5.74, 6) is 1.16. The van der Waals surface area contributed by atoms with Gasteiger partial charge in [0.1, 0.15) is 12.4 Å². The normalized spacial score (nSPS) is 25.3. The van der Waals surface area contributed by atoms with Gasteiger partial charge in [-0.2, -0.15) is 0 Å². The SMILES string of the molecule is C[C@H]1CCCC[C@@H]1NC(=O)CN1C(=O)N2CCCN=C2c2ccccc21. The minimum Gasteiger partial charge on any atom is -0.352 e. The van der Waals surface area contributed by atoms with E-state index in [-0.39, 0.29) is 24.5 Å². The highest BCUT2D eigenvalue weighted by molar-refractivity contribution is 6.20. The summed E-state index contributed by atoms with van der Waals surface area (Å²) in [5.41, 5.74) is 1.71. The summed E-state index contributed by atoms with van der Waals surface area (Å²) < 4.78 is 0. The van der Waals surface area contributed by atoms with E-state index in [1.165, 1.54) is 6.42 Å². The molecule has 0 aromatic heterocycles. The van der Waals surface area contributed by atoms with Gasteiger partial charge in [0, 0.05) is 24.7 Å². The van der Waals surface area contributed by atoms with Crippen molar-refractivity contribution in [1.82, 2.24) is 10.2 Å². The molecule has 1 aromatic rings. The van der Waals surface area contributed by atoms with Gasteiger partial charge in [0.15, 0.2) is 0 Å². The van der Waals surface area contributed by atoms with Gasteiger partial charge in [-0.3, -0.25) is 19.6 Å². The van der Waals surface area contributed by atoms with Crippen molar-refractivity contribution in [1.29, 1.82) is 0 Å². The van der Waals surface area contributed by atoms with E-state index in [0.717, 1.165) is 49.3 Å². The van der Waals surface area contributed by atoms with Crippen LogP contribution in [0.1, 0.15) is 44.6 Å². The van der Waals surface area contributed by atoms with Gasteiger partial charge in [-0.25, -0.2) is 4.79 Å². The Balaban J connectivity index is 1.55. The maximum atomic E-state index is 13.0. The fourth-order valence-corrected chi connectivity index (χ4v) is 4.25. The van der Waals surface area contributed by atoms with Crippen LogP contribution in [0.25, 0.3) is 0 Å². The van der Waals surface area contributed by atoms with Crippen LogP contribution < -0.4 is 10.2 Å². The average Bonchev–Trinajstić information content (AvgIpc) is 2.67. The van der Waals surface area contributed by atoms with Gasteiger partial charge in [0.2, 0.25) is 5.91 Å². The van der Waals surface area contributed by atoms with Gasteiger partial charge in [0.05, 0.1) is 5.69 Å². The lowest BCUT2D eigenvalue weighted by Gasteiger charge is -2.39. The van der Waals surface area contributed by atoms with Gasteiger partial charge in [-0.15, -0.1) is 0 Å². The quantitative estimate of drug-likeness (QED) is 0.907. The molecule has 3 amide bonds. The van der Waals surface area contributed by atoms with E-state index in [2.05, 4.69) is 17.2 Å². The molecule has 6 heteroatoms. The molecule has 1 N–H and O–H groups in total. The molecule has 1 aliphatic carbocycles. The Morgan fingerprint density at radius 3 is 2.88 bits per heavy atom. The lowest BCUT2D eigenvalue weighted by Crippen LogP contribution is -2.56.